The van der Waals surface area contributed by atoms with Gasteiger partial charge in [0.1, 0.15) is 0 Å². The number of rotatable bonds is 1. The van der Waals surface area contributed by atoms with E-state index in [1.165, 1.54) is 0 Å². The second-order valence-corrected chi connectivity index (χ2v) is 5.93. The van der Waals surface area contributed by atoms with E-state index in [9.17, 15) is 0 Å². The van der Waals surface area contributed by atoms with Gasteiger partial charge >= 0.3 is 0 Å². The van der Waals surface area contributed by atoms with Gasteiger partial charge in [0.05, 0.1) is 23.1 Å². The molecular weight excluding hydrogens is 304 g/mol. The van der Waals surface area contributed by atoms with Gasteiger partial charge in [-0.05, 0) is 25.2 Å². The number of halogens is 1. The summed E-state index contributed by atoms with van der Waals surface area (Å²) in [5.41, 5.74) is 9.04. The number of nitrogens with two attached hydrogens (primary N) is 1. The van der Waals surface area contributed by atoms with E-state index in [1.54, 1.807) is 6.20 Å². The summed E-state index contributed by atoms with van der Waals surface area (Å²) in [6.45, 7) is 4.15. The Labute approximate surface area is 121 Å². The van der Waals surface area contributed by atoms with E-state index >= 15 is 0 Å². The van der Waals surface area contributed by atoms with Crippen LogP contribution in [0.1, 0.15) is 0 Å². The Balaban J connectivity index is 2.10. The van der Waals surface area contributed by atoms with Gasteiger partial charge in [-0.15, -0.1) is 0 Å². The maximum Gasteiger partial charge on any atom is 0.0745 e. The normalized spacial score (nSPS) is 17.1. The van der Waals surface area contributed by atoms with Crippen molar-refractivity contribution < 1.29 is 0 Å². The van der Waals surface area contributed by atoms with Crippen LogP contribution >= 0.6 is 15.9 Å². The van der Waals surface area contributed by atoms with E-state index in [-0.39, 0.29) is 0 Å². The van der Waals surface area contributed by atoms with Gasteiger partial charge in [-0.1, -0.05) is 15.9 Å². The van der Waals surface area contributed by atoms with E-state index in [4.69, 9.17) is 5.73 Å². The zero-order chi connectivity index (χ0) is 13.4. The highest BCUT2D eigenvalue weighted by atomic mass is 79.9. The summed E-state index contributed by atoms with van der Waals surface area (Å²) in [5, 5.41) is 1.12. The molecule has 0 saturated carbocycles. The highest BCUT2D eigenvalue weighted by Crippen LogP contribution is 2.33. The molecule has 1 saturated heterocycles. The SMILES string of the molecule is CN1CCN(c2c(N)cnc3ccc(Br)cc23)CC1. The van der Waals surface area contributed by atoms with E-state index in [1.807, 2.05) is 12.1 Å². The average molecular weight is 321 g/mol. The Bertz CT molecular complexity index is 600. The molecule has 1 aliphatic rings. The number of benzene rings is 1. The molecule has 4 nitrogen and oxygen atoms in total. The minimum atomic E-state index is 0.759. The molecule has 100 valence electrons. The van der Waals surface area contributed by atoms with Crippen molar-refractivity contribution >= 4 is 38.2 Å². The van der Waals surface area contributed by atoms with Gasteiger partial charge in [-0.2, -0.15) is 0 Å². The maximum atomic E-state index is 6.17. The van der Waals surface area contributed by atoms with Crippen molar-refractivity contribution in [2.24, 2.45) is 0 Å². The Morgan fingerprint density at radius 2 is 1.95 bits per heavy atom. The molecule has 0 unspecified atom stereocenters. The third-order valence-corrected chi connectivity index (χ3v) is 4.14. The zero-order valence-electron chi connectivity index (χ0n) is 10.9. The molecule has 3 rings (SSSR count). The summed E-state index contributed by atoms with van der Waals surface area (Å²) in [7, 11) is 2.15. The van der Waals surface area contributed by atoms with E-state index in [0.717, 1.165) is 52.9 Å². The Kier molecular flexibility index (Phi) is 3.33. The summed E-state index contributed by atoms with van der Waals surface area (Å²) >= 11 is 3.53. The standard InChI is InChI=1S/C14H17BrN4/c1-18-4-6-19(7-5-18)14-11-8-10(15)2-3-13(11)17-9-12(14)16/h2-3,8-9H,4-7,16H2,1H3. The first-order chi connectivity index (χ1) is 9.15. The van der Waals surface area contributed by atoms with Crippen molar-refractivity contribution in [1.82, 2.24) is 9.88 Å². The van der Waals surface area contributed by atoms with Crippen LogP contribution < -0.4 is 10.6 Å². The molecule has 2 heterocycles. The Morgan fingerprint density at radius 1 is 1.21 bits per heavy atom. The molecular formula is C14H17BrN4. The molecule has 2 N–H and O–H groups in total. The quantitative estimate of drug-likeness (QED) is 0.876. The first kappa shape index (κ1) is 12.7. The number of piperazine rings is 1. The van der Waals surface area contributed by atoms with Gasteiger partial charge in [0.15, 0.2) is 0 Å². The van der Waals surface area contributed by atoms with Crippen LogP contribution in [0.2, 0.25) is 0 Å². The van der Waals surface area contributed by atoms with Gasteiger partial charge in [0.2, 0.25) is 0 Å². The van der Waals surface area contributed by atoms with Crippen molar-refractivity contribution in [2.75, 3.05) is 43.9 Å². The molecule has 19 heavy (non-hydrogen) atoms. The summed E-state index contributed by atoms with van der Waals surface area (Å²) in [5.74, 6) is 0. The van der Waals surface area contributed by atoms with Crippen LogP contribution in [0.5, 0.6) is 0 Å². The first-order valence-electron chi connectivity index (χ1n) is 6.42. The number of hydrogen-bond donors (Lipinski definition) is 1. The molecule has 1 aromatic heterocycles. The molecule has 2 aromatic rings. The van der Waals surface area contributed by atoms with Crippen LogP contribution in [0.4, 0.5) is 11.4 Å². The lowest BCUT2D eigenvalue weighted by Gasteiger charge is -2.35. The van der Waals surface area contributed by atoms with Gasteiger partial charge in [-0.3, -0.25) is 4.98 Å². The fraction of sp³-hybridized carbons (Fsp3) is 0.357. The Hall–Kier alpha value is -1.33. The molecule has 0 amide bonds. The van der Waals surface area contributed by atoms with E-state index in [0.29, 0.717) is 0 Å². The lowest BCUT2D eigenvalue weighted by atomic mass is 10.1. The minimum Gasteiger partial charge on any atom is -0.396 e. The summed E-state index contributed by atoms with van der Waals surface area (Å²) in [4.78, 5) is 9.12. The van der Waals surface area contributed by atoms with Crippen LogP contribution in [-0.4, -0.2) is 43.1 Å². The number of anilines is 2. The predicted molar refractivity (Wildman–Crippen MR) is 83.6 cm³/mol. The predicted octanol–water partition coefficient (Wildman–Crippen LogP) is 2.33. The third kappa shape index (κ3) is 2.40. The van der Waals surface area contributed by atoms with Crippen molar-refractivity contribution in [3.8, 4) is 0 Å². The lowest BCUT2D eigenvalue weighted by Crippen LogP contribution is -2.44. The molecule has 1 aliphatic heterocycles. The van der Waals surface area contributed by atoms with Gasteiger partial charge in [0.25, 0.3) is 0 Å². The van der Waals surface area contributed by atoms with Crippen LogP contribution in [0.25, 0.3) is 10.9 Å². The van der Waals surface area contributed by atoms with E-state index in [2.05, 4.69) is 43.8 Å². The summed E-state index contributed by atoms with van der Waals surface area (Å²) in [6.07, 6.45) is 1.77. The van der Waals surface area contributed by atoms with Crippen LogP contribution in [-0.2, 0) is 0 Å². The van der Waals surface area contributed by atoms with Crippen molar-refractivity contribution in [1.29, 1.82) is 0 Å². The second kappa shape index (κ2) is 4.98. The van der Waals surface area contributed by atoms with Gasteiger partial charge < -0.3 is 15.5 Å². The number of hydrogen-bond acceptors (Lipinski definition) is 4. The molecule has 0 radical (unpaired) electrons. The second-order valence-electron chi connectivity index (χ2n) is 5.01. The molecule has 0 aliphatic carbocycles. The number of likely N-dealkylation sites (N-methyl/N-ethyl adjacent to an activating group) is 1. The highest BCUT2D eigenvalue weighted by molar-refractivity contribution is 9.10. The van der Waals surface area contributed by atoms with Gasteiger partial charge in [0, 0.05) is 36.0 Å². The number of fused-ring (bicyclic) bond motifs is 1. The maximum absolute atomic E-state index is 6.17. The number of nitrogens with zero attached hydrogens (tertiary/aromatic N) is 3. The molecule has 0 atom stereocenters. The molecule has 0 spiro atoms. The van der Waals surface area contributed by atoms with Crippen molar-refractivity contribution in [3.05, 3.63) is 28.9 Å². The van der Waals surface area contributed by atoms with Crippen molar-refractivity contribution in [3.63, 3.8) is 0 Å². The molecule has 5 heteroatoms. The summed E-state index contributed by atoms with van der Waals surface area (Å²) in [6, 6.07) is 6.14. The number of pyridine rings is 1. The first-order valence-corrected chi connectivity index (χ1v) is 7.21. The molecule has 0 bridgehead atoms. The Morgan fingerprint density at radius 3 is 2.68 bits per heavy atom. The van der Waals surface area contributed by atoms with Crippen LogP contribution in [0.15, 0.2) is 28.9 Å². The minimum absolute atomic E-state index is 0.759. The van der Waals surface area contributed by atoms with Gasteiger partial charge in [-0.25, -0.2) is 0 Å². The van der Waals surface area contributed by atoms with Crippen molar-refractivity contribution in [2.45, 2.75) is 0 Å². The lowest BCUT2D eigenvalue weighted by molar-refractivity contribution is 0.313. The van der Waals surface area contributed by atoms with Crippen LogP contribution in [0, 0.1) is 0 Å². The topological polar surface area (TPSA) is 45.4 Å². The number of nitrogen functional groups attached to an aromatic ring is 1. The number of aromatic nitrogens is 1. The highest BCUT2D eigenvalue weighted by Gasteiger charge is 2.19. The van der Waals surface area contributed by atoms with E-state index < -0.39 is 0 Å². The average Bonchev–Trinajstić information content (AvgIpc) is 2.40. The molecule has 1 aromatic carbocycles. The summed E-state index contributed by atoms with van der Waals surface area (Å²) < 4.78 is 1.06. The van der Waals surface area contributed by atoms with Crippen LogP contribution in [0.3, 0.4) is 0 Å². The smallest absolute Gasteiger partial charge is 0.0745 e. The molecule has 1 fully saturated rings. The fourth-order valence-electron chi connectivity index (χ4n) is 2.55. The third-order valence-electron chi connectivity index (χ3n) is 3.65. The monoisotopic (exact) mass is 320 g/mol. The fourth-order valence-corrected chi connectivity index (χ4v) is 2.91. The largest absolute Gasteiger partial charge is 0.396 e. The zero-order valence-corrected chi connectivity index (χ0v) is 12.5.